The van der Waals surface area contributed by atoms with E-state index in [-0.39, 0.29) is 23.3 Å². The molecule has 2 aromatic heterocycles. The molecule has 1 spiro atoms. The van der Waals surface area contributed by atoms with E-state index in [0.717, 1.165) is 71.4 Å². The summed E-state index contributed by atoms with van der Waals surface area (Å²) in [5.74, 6) is 1.82. The Kier molecular flexibility index (Phi) is 6.99. The van der Waals surface area contributed by atoms with Crippen LogP contribution in [-0.4, -0.2) is 79.9 Å². The molecule has 3 aliphatic rings. The van der Waals surface area contributed by atoms with Crippen LogP contribution in [0.1, 0.15) is 87.4 Å². The van der Waals surface area contributed by atoms with Gasteiger partial charge in [-0.05, 0) is 64.0 Å². The monoisotopic (exact) mass is 483 g/mol. The maximum Gasteiger partial charge on any atom is 0.236 e. The van der Waals surface area contributed by atoms with Crippen molar-refractivity contribution < 1.29 is 9.21 Å². The number of aromatic nitrogens is 4. The molecule has 0 aliphatic carbocycles. The van der Waals surface area contributed by atoms with Crippen molar-refractivity contribution in [3.63, 3.8) is 0 Å². The van der Waals surface area contributed by atoms with Gasteiger partial charge in [0.25, 0.3) is 0 Å². The smallest absolute Gasteiger partial charge is 0.236 e. The fourth-order valence-corrected chi connectivity index (χ4v) is 6.07. The predicted octanol–water partition coefficient (Wildman–Crippen LogP) is 3.28. The highest BCUT2D eigenvalue weighted by Crippen LogP contribution is 2.49. The molecule has 0 saturated carbocycles. The first-order chi connectivity index (χ1) is 16.8. The third-order valence-corrected chi connectivity index (χ3v) is 8.54. The predicted molar refractivity (Wildman–Crippen MR) is 133 cm³/mol. The fourth-order valence-electron chi connectivity index (χ4n) is 6.07. The van der Waals surface area contributed by atoms with Crippen molar-refractivity contribution >= 4 is 5.91 Å². The van der Waals surface area contributed by atoms with E-state index in [2.05, 4.69) is 50.8 Å². The summed E-state index contributed by atoms with van der Waals surface area (Å²) >= 11 is 0. The molecular formula is C26H41N7O2. The Bertz CT molecular complexity index is 1010. The van der Waals surface area contributed by atoms with E-state index in [1.54, 1.807) is 0 Å². The zero-order valence-electron chi connectivity index (χ0n) is 21.9. The van der Waals surface area contributed by atoms with Crippen LogP contribution in [0.3, 0.4) is 0 Å². The van der Waals surface area contributed by atoms with Gasteiger partial charge in [-0.25, -0.2) is 0 Å². The first-order valence-corrected chi connectivity index (χ1v) is 13.4. The molecule has 0 radical (unpaired) electrons. The molecule has 1 atom stereocenters. The van der Waals surface area contributed by atoms with E-state index >= 15 is 0 Å². The quantitative estimate of drug-likeness (QED) is 0.623. The third kappa shape index (κ3) is 5.16. The largest absolute Gasteiger partial charge is 0.423 e. The Morgan fingerprint density at radius 1 is 1.14 bits per heavy atom. The van der Waals surface area contributed by atoms with Gasteiger partial charge in [0.05, 0.1) is 18.8 Å². The molecule has 5 heterocycles. The normalized spacial score (nSPS) is 23.6. The van der Waals surface area contributed by atoms with Gasteiger partial charge in [0.2, 0.25) is 17.7 Å². The van der Waals surface area contributed by atoms with Crippen LogP contribution in [0, 0.1) is 12.3 Å². The van der Waals surface area contributed by atoms with Gasteiger partial charge < -0.3 is 9.32 Å². The lowest BCUT2D eigenvalue weighted by Crippen LogP contribution is -2.44. The van der Waals surface area contributed by atoms with E-state index < -0.39 is 0 Å². The summed E-state index contributed by atoms with van der Waals surface area (Å²) in [7, 11) is 2.00. The lowest BCUT2D eigenvalue weighted by atomic mass is 9.76. The number of carbonyl (C=O) groups is 1. The van der Waals surface area contributed by atoms with E-state index in [0.29, 0.717) is 18.3 Å². The van der Waals surface area contributed by atoms with Gasteiger partial charge in [-0.15, -0.1) is 10.2 Å². The molecule has 3 saturated heterocycles. The van der Waals surface area contributed by atoms with Crippen molar-refractivity contribution in [2.24, 2.45) is 12.5 Å². The first kappa shape index (κ1) is 24.4. The van der Waals surface area contributed by atoms with Crippen molar-refractivity contribution in [2.45, 2.75) is 77.8 Å². The zero-order chi connectivity index (χ0) is 24.6. The van der Waals surface area contributed by atoms with Gasteiger partial charge in [-0.2, -0.15) is 5.10 Å². The lowest BCUT2D eigenvalue weighted by Gasteiger charge is -2.39. The Morgan fingerprint density at radius 3 is 2.51 bits per heavy atom. The van der Waals surface area contributed by atoms with Crippen molar-refractivity contribution in [1.29, 1.82) is 0 Å². The number of likely N-dealkylation sites (tertiary alicyclic amines) is 3. The minimum absolute atomic E-state index is 0.0239. The summed E-state index contributed by atoms with van der Waals surface area (Å²) < 4.78 is 8.08. The van der Waals surface area contributed by atoms with E-state index in [9.17, 15) is 4.79 Å². The van der Waals surface area contributed by atoms with Crippen LogP contribution < -0.4 is 0 Å². The van der Waals surface area contributed by atoms with Gasteiger partial charge in [0.1, 0.15) is 0 Å². The minimum Gasteiger partial charge on any atom is -0.423 e. The Hall–Kier alpha value is -2.26. The molecule has 0 bridgehead atoms. The molecule has 2 aromatic rings. The first-order valence-electron chi connectivity index (χ1n) is 13.4. The van der Waals surface area contributed by atoms with Gasteiger partial charge in [0, 0.05) is 50.4 Å². The third-order valence-electron chi connectivity index (χ3n) is 8.54. The second-order valence-electron chi connectivity index (χ2n) is 11.4. The molecule has 5 rings (SSSR count). The maximum absolute atomic E-state index is 13.2. The molecule has 1 amide bonds. The minimum atomic E-state index is 0.0239. The van der Waals surface area contributed by atoms with Gasteiger partial charge >= 0.3 is 0 Å². The molecule has 3 fully saturated rings. The van der Waals surface area contributed by atoms with Crippen LogP contribution in [0.2, 0.25) is 0 Å². The molecule has 9 nitrogen and oxygen atoms in total. The summed E-state index contributed by atoms with van der Waals surface area (Å²) in [4.78, 5) is 20.2. The summed E-state index contributed by atoms with van der Waals surface area (Å²) in [5, 5.41) is 13.2. The Morgan fingerprint density at radius 2 is 1.89 bits per heavy atom. The summed E-state index contributed by atoms with van der Waals surface area (Å²) in [6.07, 6.45) is 8.71. The number of aryl methyl sites for hydroxylation is 1. The molecule has 192 valence electrons. The standard InChI is InChI=1S/C26H41N7O2/c1-19(2)24-28-29-25(35-24)22-14-26(18-33(22)17-23(34)32-10-6-5-7-11-32)8-12-31(13-9-26)16-21-15-27-30(4)20(21)3/h15,19,22H,5-14,16-18H2,1-4H3. The van der Waals surface area contributed by atoms with Crippen LogP contribution in [0.5, 0.6) is 0 Å². The number of amides is 1. The van der Waals surface area contributed by atoms with Crippen LogP contribution in [0.25, 0.3) is 0 Å². The maximum atomic E-state index is 13.2. The summed E-state index contributed by atoms with van der Waals surface area (Å²) in [5.41, 5.74) is 2.75. The second kappa shape index (κ2) is 10.0. The van der Waals surface area contributed by atoms with Crippen LogP contribution in [0.4, 0.5) is 0 Å². The number of nitrogens with zero attached hydrogens (tertiary/aromatic N) is 7. The lowest BCUT2D eigenvalue weighted by molar-refractivity contribution is -0.133. The number of piperidine rings is 2. The van der Waals surface area contributed by atoms with Crippen LogP contribution >= 0.6 is 0 Å². The molecule has 3 aliphatic heterocycles. The van der Waals surface area contributed by atoms with E-state index in [1.807, 2.05) is 17.9 Å². The number of rotatable bonds is 6. The molecule has 0 aromatic carbocycles. The van der Waals surface area contributed by atoms with E-state index in [1.165, 1.54) is 17.7 Å². The van der Waals surface area contributed by atoms with Crippen molar-refractivity contribution in [2.75, 3.05) is 39.3 Å². The van der Waals surface area contributed by atoms with E-state index in [4.69, 9.17) is 4.42 Å². The highest BCUT2D eigenvalue weighted by Gasteiger charge is 2.48. The highest BCUT2D eigenvalue weighted by molar-refractivity contribution is 5.78. The SMILES string of the molecule is Cc1c(CN2CCC3(CC2)CC(c2nnc(C(C)C)o2)N(CC(=O)N2CCCCC2)C3)cnn1C. The summed E-state index contributed by atoms with van der Waals surface area (Å²) in [6.45, 7) is 12.5. The average Bonchev–Trinajstić information content (AvgIpc) is 3.56. The van der Waals surface area contributed by atoms with Crippen molar-refractivity contribution in [1.82, 2.24) is 34.7 Å². The number of carbonyl (C=O) groups excluding carboxylic acids is 1. The van der Waals surface area contributed by atoms with Gasteiger partial charge in [-0.1, -0.05) is 13.8 Å². The molecule has 1 unspecified atom stereocenters. The number of hydrogen-bond donors (Lipinski definition) is 0. The van der Waals surface area contributed by atoms with Crippen LogP contribution in [-0.2, 0) is 18.4 Å². The molecule has 0 N–H and O–H groups in total. The molecule has 35 heavy (non-hydrogen) atoms. The molecule has 9 heteroatoms. The fraction of sp³-hybridized carbons (Fsp3) is 0.769. The van der Waals surface area contributed by atoms with Gasteiger partial charge in [0.15, 0.2) is 0 Å². The van der Waals surface area contributed by atoms with Crippen molar-refractivity contribution in [3.05, 3.63) is 29.2 Å². The number of hydrogen-bond acceptors (Lipinski definition) is 7. The van der Waals surface area contributed by atoms with Gasteiger partial charge in [-0.3, -0.25) is 19.3 Å². The average molecular weight is 484 g/mol. The highest BCUT2D eigenvalue weighted by atomic mass is 16.4. The summed E-state index contributed by atoms with van der Waals surface area (Å²) in [6, 6.07) is 0.0239. The van der Waals surface area contributed by atoms with Crippen LogP contribution in [0.15, 0.2) is 10.6 Å². The zero-order valence-corrected chi connectivity index (χ0v) is 21.9. The Labute approximate surface area is 208 Å². The molecular weight excluding hydrogens is 442 g/mol. The van der Waals surface area contributed by atoms with Crippen molar-refractivity contribution in [3.8, 4) is 0 Å². The topological polar surface area (TPSA) is 83.5 Å². The Balaban J connectivity index is 1.28. The second-order valence-corrected chi connectivity index (χ2v) is 11.4.